The summed E-state index contributed by atoms with van der Waals surface area (Å²) in [6.07, 6.45) is 5.11. The second-order valence-electron chi connectivity index (χ2n) is 16.6. The van der Waals surface area contributed by atoms with Gasteiger partial charge in [-0.05, 0) is 127 Å². The van der Waals surface area contributed by atoms with E-state index in [1.807, 2.05) is 0 Å². The third-order valence-electron chi connectivity index (χ3n) is 12.4. The molecule has 2 fully saturated rings. The first-order valence-electron chi connectivity index (χ1n) is 17.3. The molecule has 3 aromatic rings. The van der Waals surface area contributed by atoms with Gasteiger partial charge in [0.15, 0.2) is 0 Å². The van der Waals surface area contributed by atoms with Crippen molar-refractivity contribution in [1.82, 2.24) is 0 Å². The highest BCUT2D eigenvalue weighted by molar-refractivity contribution is 6.91. The monoisotopic (exact) mass is 622 g/mol. The van der Waals surface area contributed by atoms with Gasteiger partial charge in [-0.1, -0.05) is 81.9 Å². The van der Waals surface area contributed by atoms with Gasteiger partial charge in [0.2, 0.25) is 6.71 Å². The molecule has 0 radical (unpaired) electrons. The molecular weight excluding hydrogens is 577 g/mol. The van der Waals surface area contributed by atoms with Gasteiger partial charge in [-0.15, -0.1) is 0 Å². The van der Waals surface area contributed by atoms with Crippen LogP contribution in [0.1, 0.15) is 83.2 Å². The summed E-state index contributed by atoms with van der Waals surface area (Å²) in [7, 11) is -0.854. The summed E-state index contributed by atoms with van der Waals surface area (Å²) in [5.74, 6) is 7.26. The Bertz CT molecular complexity index is 1950. The van der Waals surface area contributed by atoms with Gasteiger partial charge in [0, 0.05) is 11.6 Å². The molecule has 2 atom stereocenters. The zero-order valence-electron chi connectivity index (χ0n) is 29.8. The molecule has 3 aliphatic heterocycles. The third-order valence-corrected chi connectivity index (χ3v) is 12.4. The van der Waals surface area contributed by atoms with Crippen LogP contribution in [0, 0.1) is 32.6 Å². The van der Waals surface area contributed by atoms with Crippen molar-refractivity contribution in [1.29, 1.82) is 0 Å². The van der Waals surface area contributed by atoms with Crippen LogP contribution in [-0.2, 0) is 25.0 Å². The van der Waals surface area contributed by atoms with E-state index in [2.05, 4.69) is 137 Å². The van der Waals surface area contributed by atoms with Gasteiger partial charge in [-0.25, -0.2) is 0 Å². The van der Waals surface area contributed by atoms with E-state index in [0.29, 0.717) is 0 Å². The molecular formula is C40H45B3O4. The Balaban J connectivity index is 1.44. The molecule has 0 aromatic heterocycles. The Morgan fingerprint density at radius 2 is 1.38 bits per heavy atom. The Hall–Kier alpha value is -3.01. The van der Waals surface area contributed by atoms with E-state index in [4.69, 9.17) is 18.6 Å². The van der Waals surface area contributed by atoms with Crippen LogP contribution in [0.2, 0.25) is 11.6 Å². The summed E-state index contributed by atoms with van der Waals surface area (Å²) in [5, 5.41) is 2.51. The van der Waals surface area contributed by atoms with Crippen LogP contribution in [0.5, 0.6) is 0 Å². The predicted molar refractivity (Wildman–Crippen MR) is 196 cm³/mol. The maximum absolute atomic E-state index is 6.81. The van der Waals surface area contributed by atoms with Gasteiger partial charge < -0.3 is 18.6 Å². The molecule has 8 rings (SSSR count). The minimum absolute atomic E-state index is 0.00807. The third kappa shape index (κ3) is 4.41. The van der Waals surface area contributed by atoms with Crippen molar-refractivity contribution in [2.24, 2.45) is 0 Å². The average Bonchev–Trinajstić information content (AvgIpc) is 3.20. The van der Waals surface area contributed by atoms with E-state index in [9.17, 15) is 0 Å². The normalized spacial score (nSPS) is 25.7. The van der Waals surface area contributed by atoms with Gasteiger partial charge in [-0.2, -0.15) is 0 Å². The van der Waals surface area contributed by atoms with E-state index in [0.717, 1.165) is 11.9 Å². The minimum atomic E-state index is -0.473. The molecule has 0 amide bonds. The van der Waals surface area contributed by atoms with Crippen molar-refractivity contribution < 1.29 is 18.6 Å². The number of hydrogen-bond donors (Lipinski definition) is 0. The highest BCUT2D eigenvalue weighted by atomic mass is 16.7. The lowest BCUT2D eigenvalue weighted by Gasteiger charge is -2.40. The predicted octanol–water partition coefficient (Wildman–Crippen LogP) is 6.40. The molecule has 238 valence electrons. The van der Waals surface area contributed by atoms with Crippen molar-refractivity contribution in [2.45, 2.75) is 117 Å². The van der Waals surface area contributed by atoms with E-state index in [1.54, 1.807) is 0 Å². The fourth-order valence-electron chi connectivity index (χ4n) is 8.79. The molecule has 2 unspecified atom stereocenters. The lowest BCUT2D eigenvalue weighted by molar-refractivity contribution is 0.00578. The standard InChI is InChI=1S/C40H45B3O4/c1-23-19-24(2)36(25(3)20-23)41-29-17-13-12-15-27-31(42-44-37(4,5)38(6,7)45-42)21-26-22-32(43-46-39(8,9)40(10,11)47-43)28-16-14-18-30(41)35(28)33(26)34(27)29/h12,14-16,18-20,22,29,31H,21H2,1-11H3. The fourth-order valence-corrected chi connectivity index (χ4v) is 8.79. The lowest BCUT2D eigenvalue weighted by atomic mass is 9.28. The highest BCUT2D eigenvalue weighted by Crippen LogP contribution is 2.53. The van der Waals surface area contributed by atoms with Crippen molar-refractivity contribution in [3.63, 3.8) is 0 Å². The van der Waals surface area contributed by atoms with Crippen LogP contribution < -0.4 is 16.4 Å². The van der Waals surface area contributed by atoms with Crippen LogP contribution in [0.3, 0.4) is 0 Å². The maximum atomic E-state index is 6.81. The van der Waals surface area contributed by atoms with Crippen LogP contribution in [0.4, 0.5) is 0 Å². The Kier molecular flexibility index (Phi) is 6.67. The van der Waals surface area contributed by atoms with Gasteiger partial charge in [-0.3, -0.25) is 0 Å². The molecule has 7 heteroatoms. The molecule has 0 bridgehead atoms. The first-order valence-corrected chi connectivity index (χ1v) is 17.3. The van der Waals surface area contributed by atoms with E-state index in [-0.39, 0.29) is 25.5 Å². The average molecular weight is 622 g/mol. The van der Waals surface area contributed by atoms with Gasteiger partial charge in [0.25, 0.3) is 0 Å². The molecule has 3 aromatic carbocycles. The summed E-state index contributed by atoms with van der Waals surface area (Å²) in [4.78, 5) is 0. The summed E-state index contributed by atoms with van der Waals surface area (Å²) < 4.78 is 27.1. The number of aryl methyl sites for hydroxylation is 3. The van der Waals surface area contributed by atoms with Crippen molar-refractivity contribution >= 4 is 53.7 Å². The Morgan fingerprint density at radius 1 is 0.766 bits per heavy atom. The molecule has 0 spiro atoms. The highest BCUT2D eigenvalue weighted by Gasteiger charge is 2.57. The van der Waals surface area contributed by atoms with Crippen LogP contribution in [0.15, 0.2) is 54.1 Å². The summed E-state index contributed by atoms with van der Waals surface area (Å²) in [5.41, 5.74) is 11.2. The molecule has 5 aliphatic rings. The first-order chi connectivity index (χ1) is 22.0. The van der Waals surface area contributed by atoms with E-state index in [1.165, 1.54) is 60.7 Å². The van der Waals surface area contributed by atoms with Crippen LogP contribution in [0.25, 0.3) is 16.3 Å². The second kappa shape index (κ2) is 10.0. The van der Waals surface area contributed by atoms with Crippen molar-refractivity contribution in [2.75, 3.05) is 0 Å². The Morgan fingerprint density at radius 3 is 2.02 bits per heavy atom. The SMILES string of the molecule is Cc1cc(C)c(B2c3cccc4c(B5OC(C)(C)C(C)(C)O5)cc5c(c34)C3=C(C=CC#CC23)C(B2OC(C)(C)C(C)(C)O2)C5)c(C)c1. The second-order valence-corrected chi connectivity index (χ2v) is 16.6. The number of allylic oxidation sites excluding steroid dienone is 4. The molecule has 4 nitrogen and oxygen atoms in total. The van der Waals surface area contributed by atoms with E-state index < -0.39 is 29.5 Å². The van der Waals surface area contributed by atoms with Gasteiger partial charge in [0.1, 0.15) is 0 Å². The summed E-state index contributed by atoms with van der Waals surface area (Å²) in [6, 6.07) is 13.9. The number of benzene rings is 3. The fraction of sp³-hybridized carbons (Fsp3) is 0.450. The van der Waals surface area contributed by atoms with Crippen molar-refractivity contribution in [3.05, 3.63) is 81.9 Å². The molecule has 0 N–H and O–H groups in total. The topological polar surface area (TPSA) is 36.9 Å². The van der Waals surface area contributed by atoms with Gasteiger partial charge in [0.05, 0.1) is 22.4 Å². The molecule has 2 saturated heterocycles. The lowest BCUT2D eigenvalue weighted by Crippen LogP contribution is -2.52. The zero-order chi connectivity index (χ0) is 33.4. The van der Waals surface area contributed by atoms with E-state index >= 15 is 0 Å². The smallest absolute Gasteiger partial charge is 0.403 e. The number of rotatable bonds is 3. The van der Waals surface area contributed by atoms with Gasteiger partial charge >= 0.3 is 14.2 Å². The number of hydrogen-bond acceptors (Lipinski definition) is 4. The first kappa shape index (κ1) is 31.3. The van der Waals surface area contributed by atoms with Crippen molar-refractivity contribution in [3.8, 4) is 11.8 Å². The molecule has 2 aliphatic carbocycles. The minimum Gasteiger partial charge on any atom is -0.403 e. The quantitative estimate of drug-likeness (QED) is 0.251. The maximum Gasteiger partial charge on any atom is 0.495 e. The summed E-state index contributed by atoms with van der Waals surface area (Å²) >= 11 is 0. The molecule has 0 saturated carbocycles. The van der Waals surface area contributed by atoms with Crippen LogP contribution >= 0.6 is 0 Å². The summed E-state index contributed by atoms with van der Waals surface area (Å²) in [6.45, 7) is 23.9. The molecule has 3 heterocycles. The largest absolute Gasteiger partial charge is 0.495 e. The van der Waals surface area contributed by atoms with Crippen LogP contribution in [-0.4, -0.2) is 43.4 Å². The molecule has 47 heavy (non-hydrogen) atoms. The zero-order valence-corrected chi connectivity index (χ0v) is 29.8. The Labute approximate surface area is 282 Å².